The lowest BCUT2D eigenvalue weighted by atomic mass is 10.3. The van der Waals surface area contributed by atoms with Crippen molar-refractivity contribution in [2.45, 2.75) is 6.04 Å². The Morgan fingerprint density at radius 1 is 1.73 bits per heavy atom. The number of aromatic nitrogens is 2. The van der Waals surface area contributed by atoms with E-state index in [0.717, 1.165) is 0 Å². The molecule has 0 spiro atoms. The average Bonchev–Trinajstić information content (AvgIpc) is 2.24. The summed E-state index contributed by atoms with van der Waals surface area (Å²) in [6.07, 6.45) is 1.27. The summed E-state index contributed by atoms with van der Waals surface area (Å²) >= 11 is 11.4. The maximum Gasteiger partial charge on any atom is 0.271 e. The molecule has 1 unspecified atom stereocenters. The van der Waals surface area contributed by atoms with Crippen LogP contribution in [0, 0.1) is 0 Å². The molecule has 0 aromatic carbocycles. The Bertz CT molecular complexity index is 369. The van der Waals surface area contributed by atoms with Gasteiger partial charge in [0, 0.05) is 13.0 Å². The molecule has 1 heterocycles. The summed E-state index contributed by atoms with van der Waals surface area (Å²) in [4.78, 5) is 17.4. The minimum Gasteiger partial charge on any atom is -0.383 e. The molecule has 15 heavy (non-hydrogen) atoms. The van der Waals surface area contributed by atoms with E-state index in [0.29, 0.717) is 18.3 Å². The van der Waals surface area contributed by atoms with Gasteiger partial charge in [0.15, 0.2) is 5.82 Å². The molecule has 0 fully saturated rings. The Morgan fingerprint density at radius 2 is 2.47 bits per heavy atom. The molecule has 2 N–H and O–H groups in total. The highest BCUT2D eigenvalue weighted by molar-refractivity contribution is 6.32. The van der Waals surface area contributed by atoms with Crippen LogP contribution < -0.4 is 10.9 Å². The predicted molar refractivity (Wildman–Crippen MR) is 59.9 cm³/mol. The predicted octanol–water partition coefficient (Wildman–Crippen LogP) is 1.09. The van der Waals surface area contributed by atoms with Gasteiger partial charge < -0.3 is 15.0 Å². The van der Waals surface area contributed by atoms with E-state index in [-0.39, 0.29) is 16.6 Å². The number of methoxy groups -OCH3 is 1. The Labute approximate surface area is 96.8 Å². The Kier molecular flexibility index (Phi) is 4.87. The first kappa shape index (κ1) is 12.3. The van der Waals surface area contributed by atoms with Crippen LogP contribution in [0.3, 0.4) is 0 Å². The van der Waals surface area contributed by atoms with Gasteiger partial charge in [-0.3, -0.25) is 4.79 Å². The summed E-state index contributed by atoms with van der Waals surface area (Å²) in [5.41, 5.74) is -0.389. The maximum absolute atomic E-state index is 11.1. The molecule has 1 rings (SSSR count). The van der Waals surface area contributed by atoms with Gasteiger partial charge in [0.1, 0.15) is 5.02 Å². The van der Waals surface area contributed by atoms with E-state index in [4.69, 9.17) is 27.9 Å². The van der Waals surface area contributed by atoms with Crippen LogP contribution in [0.25, 0.3) is 0 Å². The molecule has 0 radical (unpaired) electrons. The molecule has 0 saturated carbocycles. The SMILES string of the molecule is COCC(CCl)Nc1nc[nH]c(=O)c1Cl. The van der Waals surface area contributed by atoms with Gasteiger partial charge in [-0.15, -0.1) is 11.6 Å². The van der Waals surface area contributed by atoms with Gasteiger partial charge in [0.25, 0.3) is 5.56 Å². The van der Waals surface area contributed by atoms with E-state index >= 15 is 0 Å². The third-order valence-corrected chi connectivity index (χ3v) is 2.41. The molecule has 5 nitrogen and oxygen atoms in total. The molecular formula is C8H11Cl2N3O2. The van der Waals surface area contributed by atoms with Crippen molar-refractivity contribution >= 4 is 29.0 Å². The van der Waals surface area contributed by atoms with Crippen LogP contribution in [0.4, 0.5) is 5.82 Å². The van der Waals surface area contributed by atoms with E-state index < -0.39 is 0 Å². The van der Waals surface area contributed by atoms with Crippen molar-refractivity contribution in [1.29, 1.82) is 0 Å². The summed E-state index contributed by atoms with van der Waals surface area (Å²) < 4.78 is 4.93. The maximum atomic E-state index is 11.1. The molecule has 84 valence electrons. The second-order valence-electron chi connectivity index (χ2n) is 2.85. The molecule has 0 saturated heterocycles. The van der Waals surface area contributed by atoms with Crippen LogP contribution in [-0.2, 0) is 4.74 Å². The lowest BCUT2D eigenvalue weighted by molar-refractivity contribution is 0.191. The number of hydrogen-bond donors (Lipinski definition) is 2. The topological polar surface area (TPSA) is 67.0 Å². The van der Waals surface area contributed by atoms with Gasteiger partial charge in [-0.2, -0.15) is 0 Å². The molecule has 7 heteroatoms. The van der Waals surface area contributed by atoms with Gasteiger partial charge >= 0.3 is 0 Å². The second-order valence-corrected chi connectivity index (χ2v) is 3.53. The number of rotatable bonds is 5. The first-order valence-electron chi connectivity index (χ1n) is 4.23. The molecule has 0 bridgehead atoms. The number of nitrogens with zero attached hydrogens (tertiary/aromatic N) is 1. The van der Waals surface area contributed by atoms with Crippen molar-refractivity contribution in [1.82, 2.24) is 9.97 Å². The zero-order valence-corrected chi connectivity index (χ0v) is 9.60. The minimum atomic E-state index is -0.389. The highest BCUT2D eigenvalue weighted by Crippen LogP contribution is 2.13. The normalized spacial score (nSPS) is 12.5. The van der Waals surface area contributed by atoms with E-state index in [2.05, 4.69) is 15.3 Å². The number of aromatic amines is 1. The zero-order valence-electron chi connectivity index (χ0n) is 8.09. The van der Waals surface area contributed by atoms with Crippen LogP contribution in [0.2, 0.25) is 5.02 Å². The molecular weight excluding hydrogens is 241 g/mol. The van der Waals surface area contributed by atoms with Gasteiger partial charge in [0.2, 0.25) is 0 Å². The van der Waals surface area contributed by atoms with Crippen molar-refractivity contribution in [3.05, 3.63) is 21.7 Å². The first-order chi connectivity index (χ1) is 7.19. The number of anilines is 1. The lowest BCUT2D eigenvalue weighted by Crippen LogP contribution is -2.28. The summed E-state index contributed by atoms with van der Waals surface area (Å²) in [6, 6.07) is -0.136. The van der Waals surface area contributed by atoms with E-state index in [1.165, 1.54) is 6.33 Å². The fourth-order valence-electron chi connectivity index (χ4n) is 1.00. The highest BCUT2D eigenvalue weighted by atomic mass is 35.5. The van der Waals surface area contributed by atoms with E-state index in [1.54, 1.807) is 7.11 Å². The minimum absolute atomic E-state index is 0.0173. The van der Waals surface area contributed by atoms with Crippen molar-refractivity contribution in [3.8, 4) is 0 Å². The van der Waals surface area contributed by atoms with Gasteiger partial charge in [-0.1, -0.05) is 11.6 Å². The molecule has 1 atom stereocenters. The molecule has 0 aliphatic rings. The average molecular weight is 252 g/mol. The Morgan fingerprint density at radius 3 is 3.07 bits per heavy atom. The highest BCUT2D eigenvalue weighted by Gasteiger charge is 2.11. The summed E-state index contributed by atoms with van der Waals surface area (Å²) in [5.74, 6) is 0.640. The quantitative estimate of drug-likeness (QED) is 0.770. The monoisotopic (exact) mass is 251 g/mol. The van der Waals surface area contributed by atoms with Crippen molar-refractivity contribution < 1.29 is 4.74 Å². The fourth-order valence-corrected chi connectivity index (χ4v) is 1.33. The first-order valence-corrected chi connectivity index (χ1v) is 5.15. The fraction of sp³-hybridized carbons (Fsp3) is 0.500. The summed E-state index contributed by atoms with van der Waals surface area (Å²) in [7, 11) is 1.56. The van der Waals surface area contributed by atoms with Gasteiger partial charge in [-0.25, -0.2) is 4.98 Å². The summed E-state index contributed by atoms with van der Waals surface area (Å²) in [5, 5.41) is 2.94. The summed E-state index contributed by atoms with van der Waals surface area (Å²) in [6.45, 7) is 0.411. The number of halogens is 2. The lowest BCUT2D eigenvalue weighted by Gasteiger charge is -2.15. The van der Waals surface area contributed by atoms with Gasteiger partial charge in [-0.05, 0) is 0 Å². The molecule has 1 aromatic rings. The van der Waals surface area contributed by atoms with Crippen LogP contribution in [0.15, 0.2) is 11.1 Å². The van der Waals surface area contributed by atoms with E-state index in [1.807, 2.05) is 0 Å². The third kappa shape index (κ3) is 3.37. The Hall–Kier alpha value is -0.780. The number of H-pyrrole nitrogens is 1. The van der Waals surface area contributed by atoms with Crippen LogP contribution in [0.1, 0.15) is 0 Å². The molecule has 0 aliphatic heterocycles. The zero-order chi connectivity index (χ0) is 11.3. The number of alkyl halides is 1. The number of hydrogen-bond acceptors (Lipinski definition) is 4. The Balaban J connectivity index is 2.79. The van der Waals surface area contributed by atoms with Crippen molar-refractivity contribution in [2.75, 3.05) is 24.9 Å². The molecule has 0 amide bonds. The number of nitrogens with one attached hydrogen (secondary N) is 2. The van der Waals surface area contributed by atoms with Gasteiger partial charge in [0.05, 0.1) is 19.0 Å². The third-order valence-electron chi connectivity index (χ3n) is 1.69. The van der Waals surface area contributed by atoms with E-state index in [9.17, 15) is 4.79 Å². The van der Waals surface area contributed by atoms with Crippen LogP contribution in [0.5, 0.6) is 0 Å². The number of ether oxygens (including phenoxy) is 1. The standard InChI is InChI=1S/C8H11Cl2N3O2/c1-15-3-5(2-9)13-7-6(10)8(14)12-4-11-7/h4-5H,2-3H2,1H3,(H2,11,12,13,14). The van der Waals surface area contributed by atoms with Crippen molar-refractivity contribution in [2.24, 2.45) is 0 Å². The largest absolute Gasteiger partial charge is 0.383 e. The second kappa shape index (κ2) is 5.95. The smallest absolute Gasteiger partial charge is 0.271 e. The van der Waals surface area contributed by atoms with Crippen LogP contribution in [-0.4, -0.2) is 35.6 Å². The molecule has 0 aliphatic carbocycles. The van der Waals surface area contributed by atoms with Crippen LogP contribution >= 0.6 is 23.2 Å². The molecule has 1 aromatic heterocycles. The van der Waals surface area contributed by atoms with Crippen molar-refractivity contribution in [3.63, 3.8) is 0 Å².